The lowest BCUT2D eigenvalue weighted by Gasteiger charge is -2.45. The zero-order valence-electron chi connectivity index (χ0n) is 68.5. The Morgan fingerprint density at radius 1 is 0.349 bits per heavy atom. The number of Topliss-reactive ketones (excluding diaryl/α,β-unsaturated/α-hetero) is 7. The minimum Gasteiger partial charge on any atom is -0.356 e. The van der Waals surface area contributed by atoms with E-state index in [2.05, 4.69) is 118 Å². The van der Waals surface area contributed by atoms with E-state index in [0.717, 1.165) is 44.6 Å². The Kier molecular flexibility index (Phi) is 72.3. The lowest BCUT2D eigenvalue weighted by Crippen LogP contribution is -2.41. The Bertz CT molecular complexity index is 2770. The summed E-state index contributed by atoms with van der Waals surface area (Å²) < 4.78 is -2.28. The number of hydrogen-bond donors (Lipinski definition) is 5. The summed E-state index contributed by atoms with van der Waals surface area (Å²) in [6.45, 7) is 43.2. The topological polar surface area (TPSA) is 231 Å². The number of rotatable bonds is 61. The molecule has 0 heterocycles. The Hall–Kier alpha value is -1.43. The van der Waals surface area contributed by atoms with Crippen LogP contribution in [-0.4, -0.2) is 122 Å². The summed E-state index contributed by atoms with van der Waals surface area (Å²) >= 11 is 13.7. The summed E-state index contributed by atoms with van der Waals surface area (Å²) in [6.07, 6.45) is 19.4. The molecule has 0 aliphatic heterocycles. The van der Waals surface area contributed by atoms with Crippen molar-refractivity contribution < 1.29 is 47.9 Å². The van der Waals surface area contributed by atoms with Crippen LogP contribution in [0.3, 0.4) is 0 Å². The number of hydrogen-bond acceptors (Lipinski definition) is 17. The molecule has 3 amide bonds. The highest BCUT2D eigenvalue weighted by molar-refractivity contribution is 8.70. The summed E-state index contributed by atoms with van der Waals surface area (Å²) in [4.78, 5) is 135. The number of thioether (sulfide) groups is 3. The van der Waals surface area contributed by atoms with Crippen molar-refractivity contribution in [3.8, 4) is 0 Å². The number of allylic oxidation sites excluding steroid dienone is 1. The molecule has 0 rings (SSSR count). The highest BCUT2D eigenvalue weighted by Crippen LogP contribution is 2.60. The predicted molar refractivity (Wildman–Crippen MR) is 479 cm³/mol. The van der Waals surface area contributed by atoms with Gasteiger partial charge in [-0.2, -0.15) is 0 Å². The lowest BCUT2D eigenvalue weighted by atomic mass is 10.00. The highest BCUT2D eigenvalue weighted by atomic mass is 33.4. The van der Waals surface area contributed by atoms with E-state index in [-0.39, 0.29) is 165 Å². The molecule has 5 N–H and O–H groups in total. The minimum absolute atomic E-state index is 0. The van der Waals surface area contributed by atoms with Crippen LogP contribution in [0.15, 0.2) is 12.2 Å². The van der Waals surface area contributed by atoms with Gasteiger partial charge in [0, 0.05) is 218 Å². The quantitative estimate of drug-likeness (QED) is 0.0216. The number of amides is 3. The molecule has 0 saturated carbocycles. The van der Waals surface area contributed by atoms with E-state index < -0.39 is 18.7 Å². The van der Waals surface area contributed by atoms with Gasteiger partial charge in [0.05, 0.1) is 14.6 Å². The van der Waals surface area contributed by atoms with Gasteiger partial charge in [-0.3, -0.25) is 47.9 Å². The lowest BCUT2D eigenvalue weighted by molar-refractivity contribution is -0.123. The molecule has 0 fully saturated rings. The maximum absolute atomic E-state index is 14.7. The maximum atomic E-state index is 14.7. The molecule has 0 saturated heterocycles. The van der Waals surface area contributed by atoms with Crippen molar-refractivity contribution in [3.05, 3.63) is 12.2 Å². The van der Waals surface area contributed by atoms with Gasteiger partial charge in [-0.05, 0) is 101 Å². The van der Waals surface area contributed by atoms with Crippen molar-refractivity contribution in [1.29, 1.82) is 0 Å². The first-order valence-corrected chi connectivity index (χ1v) is 51.2. The molecule has 0 aliphatic rings. The van der Waals surface area contributed by atoms with Crippen LogP contribution in [-0.2, 0) is 124 Å². The summed E-state index contributed by atoms with van der Waals surface area (Å²) in [6, 6.07) is 0.559. The largest absolute Gasteiger partial charge is 0.356 e. The molecule has 106 heavy (non-hydrogen) atoms. The summed E-state index contributed by atoms with van der Waals surface area (Å²) in [5.41, 5.74) is 0. The van der Waals surface area contributed by atoms with Gasteiger partial charge < -0.3 is 26.6 Å². The van der Waals surface area contributed by atoms with Crippen LogP contribution in [0.4, 0.5) is 0 Å². The van der Waals surface area contributed by atoms with Crippen molar-refractivity contribution in [1.82, 2.24) is 26.6 Å². The molecular formula is C80H149N5O10S11. The third-order valence-electron chi connectivity index (χ3n) is 17.2. The molecule has 0 bridgehead atoms. The third kappa shape index (κ3) is 67.1. The van der Waals surface area contributed by atoms with Gasteiger partial charge in [-0.15, -0.1) is 35.3 Å². The fraction of sp³-hybridized carbons (Fsp3) is 0.850. The number of nitrogens with one attached hydrogen (secondary N) is 5. The second kappa shape index (κ2) is 69.1. The fourth-order valence-corrected chi connectivity index (χ4v) is 28.4. The zero-order chi connectivity index (χ0) is 80.3. The zero-order valence-corrected chi connectivity index (χ0v) is 77.5. The predicted octanol–water partition coefficient (Wildman–Crippen LogP) is 18.0. The molecule has 15 nitrogen and oxygen atoms in total. The number of ketones is 7. The molecule has 620 valence electrons. The molecule has 4 atom stereocenters. The molecule has 0 radical (unpaired) electrons. The van der Waals surface area contributed by atoms with Crippen LogP contribution >= 0.6 is 35.3 Å². The van der Waals surface area contributed by atoms with Gasteiger partial charge in [-0.25, -0.2) is 0 Å². The molecule has 0 aromatic rings. The van der Waals surface area contributed by atoms with Gasteiger partial charge in [0.15, 0.2) is 0 Å². The average molecular weight is 1690 g/mol. The van der Waals surface area contributed by atoms with Gasteiger partial charge in [0.2, 0.25) is 17.7 Å². The molecular weight excluding hydrogens is 1540 g/mol. The van der Waals surface area contributed by atoms with E-state index in [9.17, 15) is 47.9 Å². The van der Waals surface area contributed by atoms with Crippen LogP contribution in [0.25, 0.3) is 0 Å². The molecule has 0 aromatic carbocycles. The highest BCUT2D eigenvalue weighted by Gasteiger charge is 2.48. The fourth-order valence-electron chi connectivity index (χ4n) is 10.6. The van der Waals surface area contributed by atoms with Gasteiger partial charge >= 0.3 is 0 Å². The molecule has 0 spiro atoms. The van der Waals surface area contributed by atoms with Crippen molar-refractivity contribution >= 4 is 169 Å². The van der Waals surface area contributed by atoms with Crippen molar-refractivity contribution in [2.45, 2.75) is 356 Å². The minimum atomic E-state index is -1.15. The Labute approximate surface area is 686 Å². The maximum Gasteiger partial charge on any atom is 0.223 e. The van der Waals surface area contributed by atoms with E-state index in [1.807, 2.05) is 69.2 Å². The van der Waals surface area contributed by atoms with Crippen LogP contribution < -0.4 is 26.6 Å². The van der Waals surface area contributed by atoms with E-state index in [1.165, 1.54) is 85.2 Å². The molecule has 0 aromatic heterocycles. The standard InChI is InChI=1S/C60H110N4O8S3.C19H35NO2.CH4.S8/c1-41(2)21-17-35-63-57(71)38-52(27-28-53(67)43(5)6)74-59(39-56(70)46(11)12,31-29-50(66)24-20-34-62-48(15)16)75-60(32-30-54(68)44(7)8,40-58(72)64-36-18-22-42(3)4)73-51(37-55(69)45(9)10)26-25-49(65)23-19-33-61-47(13)14;1-16(2)12-8-6-5-7-11-15-20-19(22)14-10-9-13-18(21)17(3)4;;1-3-5-7-8-6-4-2/h41-48,51-52,61-62H,17-40H2,1-16H3,(H,63,71)(H,64,72);9-10,16-17H,5-8,11-15H2,1-4H3,(H,20,22);1H4;/b;10-9+;;. The number of carbonyl (C=O) groups is 10. The summed E-state index contributed by atoms with van der Waals surface area (Å²) in [5, 5.41) is 15.1. The summed E-state index contributed by atoms with van der Waals surface area (Å²) in [5.74, 6) is 0.689. The third-order valence-corrected chi connectivity index (χ3v) is 33.9. The van der Waals surface area contributed by atoms with Crippen LogP contribution in [0.2, 0.25) is 0 Å². The SMILES string of the molecule is C.CC(C)CCCCCCCNC(=O)C/C=C/CC(=O)C(C)C.CC(C)CCCNC(=O)CC(CCC(=O)C(C)C)SC(CCC(=O)CCCNC(C)C)(CC(=O)C(C)C)SC(CCC(=O)C(C)C)(CC(=O)NCCCC(C)C)SC(CCC(=O)CCCNC(C)C)CC(=O)C(C)C.S=S=S=S=S=S=S=S. The van der Waals surface area contributed by atoms with Crippen LogP contribution in [0.1, 0.15) is 326 Å². The monoisotopic (exact) mass is 1690 g/mol. The van der Waals surface area contributed by atoms with Crippen molar-refractivity contribution in [3.63, 3.8) is 0 Å². The normalized spacial score (nSPS) is 13.2. The molecule has 4 unspecified atom stereocenters. The average Bonchev–Trinajstić information content (AvgIpc) is 0.785. The second-order valence-electron chi connectivity index (χ2n) is 31.2. The molecule has 0 aliphatic carbocycles. The van der Waals surface area contributed by atoms with E-state index in [4.69, 9.17) is 0 Å². The first-order chi connectivity index (χ1) is 49.3. The Balaban J connectivity index is -0.00000138. The van der Waals surface area contributed by atoms with E-state index in [0.29, 0.717) is 95.4 Å². The van der Waals surface area contributed by atoms with Gasteiger partial charge in [0.1, 0.15) is 40.5 Å². The van der Waals surface area contributed by atoms with E-state index >= 15 is 0 Å². The Morgan fingerprint density at radius 3 is 1.23 bits per heavy atom. The first-order valence-electron chi connectivity index (χ1n) is 39.2. The van der Waals surface area contributed by atoms with Crippen molar-refractivity contribution in [2.24, 2.45) is 47.3 Å². The van der Waals surface area contributed by atoms with Gasteiger partial charge in [-0.1, -0.05) is 190 Å². The smallest absolute Gasteiger partial charge is 0.223 e. The van der Waals surface area contributed by atoms with E-state index in [1.54, 1.807) is 47.7 Å². The molecule has 26 heteroatoms. The van der Waals surface area contributed by atoms with Crippen LogP contribution in [0, 0.1) is 47.3 Å². The number of carbonyl (C=O) groups excluding carboxylic acids is 10. The Morgan fingerprint density at radius 2 is 0.745 bits per heavy atom. The number of unbranched alkanes of at least 4 members (excludes halogenated alkanes) is 4. The van der Waals surface area contributed by atoms with Crippen LogP contribution in [0.5, 0.6) is 0 Å². The van der Waals surface area contributed by atoms with Gasteiger partial charge in [0.25, 0.3) is 0 Å². The first kappa shape index (κ1) is 111. The van der Waals surface area contributed by atoms with Crippen molar-refractivity contribution in [2.75, 3.05) is 32.7 Å². The summed E-state index contributed by atoms with van der Waals surface area (Å²) in [7, 11) is 9.12. The second-order valence-corrected chi connectivity index (χ2v) is 47.5.